The molecule has 0 saturated carbocycles. The highest BCUT2D eigenvalue weighted by Crippen LogP contribution is 2.36. The standard InChI is InChI=1S/C18H16ClF3O4/c1-3-24-17(23)11(2)25-13-5-7-14(8-6-13)26-16-9-4-12(10-15(16)19)18(20,21)22/h4-11H,3H2,1-2H3. The minimum Gasteiger partial charge on any atom is -0.479 e. The van der Waals surface area contributed by atoms with Gasteiger partial charge in [0.05, 0.1) is 17.2 Å². The van der Waals surface area contributed by atoms with Crippen LogP contribution < -0.4 is 9.47 Å². The molecule has 2 rings (SSSR count). The predicted octanol–water partition coefficient (Wildman–Crippen LogP) is 5.48. The summed E-state index contributed by atoms with van der Waals surface area (Å²) >= 11 is 5.85. The molecule has 0 fully saturated rings. The number of ether oxygens (including phenoxy) is 3. The van der Waals surface area contributed by atoms with Crippen molar-refractivity contribution in [2.24, 2.45) is 0 Å². The highest BCUT2D eigenvalue weighted by atomic mass is 35.5. The van der Waals surface area contributed by atoms with Gasteiger partial charge < -0.3 is 14.2 Å². The molecule has 2 aromatic rings. The van der Waals surface area contributed by atoms with Crippen LogP contribution in [0.15, 0.2) is 42.5 Å². The molecule has 0 aromatic heterocycles. The second-order valence-electron chi connectivity index (χ2n) is 5.23. The van der Waals surface area contributed by atoms with Gasteiger partial charge in [-0.1, -0.05) is 11.6 Å². The summed E-state index contributed by atoms with van der Waals surface area (Å²) in [5.41, 5.74) is -0.855. The van der Waals surface area contributed by atoms with E-state index in [1.165, 1.54) is 0 Å². The summed E-state index contributed by atoms with van der Waals surface area (Å²) < 4.78 is 53.6. The Morgan fingerprint density at radius 3 is 2.27 bits per heavy atom. The molecule has 1 unspecified atom stereocenters. The maximum atomic E-state index is 12.6. The molecule has 0 bridgehead atoms. The fraction of sp³-hybridized carbons (Fsp3) is 0.278. The van der Waals surface area contributed by atoms with Crippen molar-refractivity contribution in [3.63, 3.8) is 0 Å². The van der Waals surface area contributed by atoms with Gasteiger partial charge >= 0.3 is 12.1 Å². The summed E-state index contributed by atoms with van der Waals surface area (Å²) in [4.78, 5) is 11.5. The summed E-state index contributed by atoms with van der Waals surface area (Å²) in [5, 5.41) is -0.156. The number of halogens is 4. The highest BCUT2D eigenvalue weighted by molar-refractivity contribution is 6.32. The molecule has 1 atom stereocenters. The Hall–Kier alpha value is -2.41. The van der Waals surface area contributed by atoms with E-state index in [9.17, 15) is 18.0 Å². The highest BCUT2D eigenvalue weighted by Gasteiger charge is 2.31. The van der Waals surface area contributed by atoms with Crippen LogP contribution in [0.1, 0.15) is 19.4 Å². The van der Waals surface area contributed by atoms with Gasteiger partial charge in [0.25, 0.3) is 0 Å². The van der Waals surface area contributed by atoms with Gasteiger partial charge in [0.15, 0.2) is 6.10 Å². The third-order valence-electron chi connectivity index (χ3n) is 3.24. The van der Waals surface area contributed by atoms with Crippen LogP contribution in [0.4, 0.5) is 13.2 Å². The van der Waals surface area contributed by atoms with Crippen molar-refractivity contribution in [2.45, 2.75) is 26.1 Å². The van der Waals surface area contributed by atoms with E-state index in [2.05, 4.69) is 0 Å². The van der Waals surface area contributed by atoms with Crippen molar-refractivity contribution in [1.82, 2.24) is 0 Å². The monoisotopic (exact) mass is 388 g/mol. The molecule has 0 heterocycles. The van der Waals surface area contributed by atoms with Gasteiger partial charge in [-0.25, -0.2) is 4.79 Å². The third-order valence-corrected chi connectivity index (χ3v) is 3.54. The van der Waals surface area contributed by atoms with E-state index in [0.29, 0.717) is 11.5 Å². The van der Waals surface area contributed by atoms with Crippen molar-refractivity contribution in [3.8, 4) is 17.2 Å². The van der Waals surface area contributed by atoms with E-state index in [1.54, 1.807) is 38.1 Å². The lowest BCUT2D eigenvalue weighted by molar-refractivity contribution is -0.150. The number of rotatable bonds is 6. The van der Waals surface area contributed by atoms with Crippen LogP contribution in [0.25, 0.3) is 0 Å². The Labute approximate surface area is 153 Å². The number of hydrogen-bond donors (Lipinski definition) is 0. The Bertz CT molecular complexity index is 760. The van der Waals surface area contributed by atoms with Crippen molar-refractivity contribution in [1.29, 1.82) is 0 Å². The van der Waals surface area contributed by atoms with Crippen LogP contribution in [-0.2, 0) is 15.7 Å². The average Bonchev–Trinajstić information content (AvgIpc) is 2.57. The molecule has 0 amide bonds. The van der Waals surface area contributed by atoms with Crippen molar-refractivity contribution >= 4 is 17.6 Å². The van der Waals surface area contributed by atoms with Gasteiger partial charge in [-0.05, 0) is 56.3 Å². The lowest BCUT2D eigenvalue weighted by atomic mass is 10.2. The van der Waals surface area contributed by atoms with Gasteiger partial charge in [0.1, 0.15) is 17.2 Å². The van der Waals surface area contributed by atoms with E-state index < -0.39 is 23.8 Å². The zero-order valence-electron chi connectivity index (χ0n) is 14.0. The molecule has 140 valence electrons. The Morgan fingerprint density at radius 2 is 1.73 bits per heavy atom. The van der Waals surface area contributed by atoms with E-state index in [4.69, 9.17) is 25.8 Å². The topological polar surface area (TPSA) is 44.8 Å². The summed E-state index contributed by atoms with van der Waals surface area (Å²) in [6.45, 7) is 3.51. The SMILES string of the molecule is CCOC(=O)C(C)Oc1ccc(Oc2ccc(C(F)(F)F)cc2Cl)cc1. The average molecular weight is 389 g/mol. The Kier molecular flexibility index (Phi) is 6.37. The summed E-state index contributed by atoms with van der Waals surface area (Å²) in [6, 6.07) is 9.04. The molecule has 8 heteroatoms. The van der Waals surface area contributed by atoms with Gasteiger partial charge in [-0.3, -0.25) is 0 Å². The molecule has 0 aliphatic rings. The largest absolute Gasteiger partial charge is 0.479 e. The number of alkyl halides is 3. The molecule has 0 aliphatic carbocycles. The van der Waals surface area contributed by atoms with E-state index >= 15 is 0 Å². The van der Waals surface area contributed by atoms with Crippen LogP contribution >= 0.6 is 11.6 Å². The zero-order valence-corrected chi connectivity index (χ0v) is 14.7. The first-order valence-corrected chi connectivity index (χ1v) is 8.06. The number of carbonyl (C=O) groups is 1. The van der Waals surface area contributed by atoms with Gasteiger partial charge in [0, 0.05) is 0 Å². The minimum atomic E-state index is -4.48. The number of carbonyl (C=O) groups excluding carboxylic acids is 1. The van der Waals surface area contributed by atoms with E-state index in [0.717, 1.165) is 18.2 Å². The van der Waals surface area contributed by atoms with Gasteiger partial charge in [-0.15, -0.1) is 0 Å². The predicted molar refractivity (Wildman–Crippen MR) is 89.7 cm³/mol. The maximum Gasteiger partial charge on any atom is 0.416 e. The van der Waals surface area contributed by atoms with Crippen LogP contribution in [0.2, 0.25) is 5.02 Å². The summed E-state index contributed by atoms with van der Waals surface area (Å²) in [6.07, 6.45) is -5.25. The molecule has 2 aromatic carbocycles. The fourth-order valence-electron chi connectivity index (χ4n) is 1.99. The zero-order chi connectivity index (χ0) is 19.3. The summed E-state index contributed by atoms with van der Waals surface area (Å²) in [7, 11) is 0. The first-order chi connectivity index (χ1) is 12.2. The second kappa shape index (κ2) is 8.31. The van der Waals surface area contributed by atoms with Crippen LogP contribution in [0.3, 0.4) is 0 Å². The first kappa shape index (κ1) is 19.9. The molecule has 0 radical (unpaired) electrons. The third kappa shape index (κ3) is 5.29. The molecule has 26 heavy (non-hydrogen) atoms. The van der Waals surface area contributed by atoms with Crippen molar-refractivity contribution < 1.29 is 32.2 Å². The molecular weight excluding hydrogens is 373 g/mol. The van der Waals surface area contributed by atoms with E-state index in [-0.39, 0.29) is 17.4 Å². The normalized spacial score (nSPS) is 12.4. The van der Waals surface area contributed by atoms with Crippen LogP contribution in [0, 0.1) is 0 Å². The van der Waals surface area contributed by atoms with Crippen molar-refractivity contribution in [2.75, 3.05) is 6.61 Å². The lowest BCUT2D eigenvalue weighted by Gasteiger charge is -2.14. The number of esters is 1. The number of hydrogen-bond acceptors (Lipinski definition) is 4. The second-order valence-corrected chi connectivity index (χ2v) is 5.64. The smallest absolute Gasteiger partial charge is 0.416 e. The lowest BCUT2D eigenvalue weighted by Crippen LogP contribution is -2.25. The van der Waals surface area contributed by atoms with Crippen molar-refractivity contribution in [3.05, 3.63) is 53.1 Å². The first-order valence-electron chi connectivity index (χ1n) is 7.68. The van der Waals surface area contributed by atoms with Gasteiger partial charge in [0.2, 0.25) is 0 Å². The Balaban J connectivity index is 2.04. The molecule has 0 spiro atoms. The molecule has 0 N–H and O–H groups in total. The number of benzene rings is 2. The minimum absolute atomic E-state index is 0.0910. The molecular formula is C18H16ClF3O4. The molecule has 4 nitrogen and oxygen atoms in total. The fourth-order valence-corrected chi connectivity index (χ4v) is 2.20. The quantitative estimate of drug-likeness (QED) is 0.614. The Morgan fingerprint density at radius 1 is 1.12 bits per heavy atom. The molecule has 0 aliphatic heterocycles. The van der Waals surface area contributed by atoms with Crippen LogP contribution in [0.5, 0.6) is 17.2 Å². The molecule has 0 saturated heterocycles. The maximum absolute atomic E-state index is 12.6. The van der Waals surface area contributed by atoms with E-state index in [1.807, 2.05) is 0 Å². The summed E-state index contributed by atoms with van der Waals surface area (Å²) in [5.74, 6) is 0.372. The van der Waals surface area contributed by atoms with Crippen LogP contribution in [-0.4, -0.2) is 18.7 Å². The van der Waals surface area contributed by atoms with Gasteiger partial charge in [-0.2, -0.15) is 13.2 Å².